The molecule has 0 bridgehead atoms. The van der Waals surface area contributed by atoms with E-state index in [1.807, 2.05) is 0 Å². The number of pyridine rings is 1. The molecule has 138 valence electrons. The van der Waals surface area contributed by atoms with Crippen molar-refractivity contribution in [1.82, 2.24) is 14.5 Å². The summed E-state index contributed by atoms with van der Waals surface area (Å²) >= 11 is 0. The lowest BCUT2D eigenvalue weighted by Gasteiger charge is -2.26. The van der Waals surface area contributed by atoms with Gasteiger partial charge in [0, 0.05) is 16.8 Å². The maximum Gasteiger partial charge on any atom is 0.327 e. The first-order valence-electron chi connectivity index (χ1n) is 8.35. The van der Waals surface area contributed by atoms with Crippen LogP contribution < -0.4 is 10.4 Å². The third-order valence-corrected chi connectivity index (χ3v) is 4.63. The second kappa shape index (κ2) is 6.08. The smallest absolute Gasteiger partial charge is 0.327 e. The van der Waals surface area contributed by atoms with Gasteiger partial charge in [-0.3, -0.25) is 9.55 Å². The van der Waals surface area contributed by atoms with Gasteiger partial charge in [-0.05, 0) is 38.1 Å². The second-order valence-electron chi connectivity index (χ2n) is 6.45. The highest BCUT2D eigenvalue weighted by molar-refractivity contribution is 6.23. The molecule has 0 amide bonds. The Morgan fingerprint density at radius 1 is 1.37 bits per heavy atom. The Morgan fingerprint density at radius 3 is 2.78 bits per heavy atom. The van der Waals surface area contributed by atoms with Gasteiger partial charge >= 0.3 is 5.69 Å². The van der Waals surface area contributed by atoms with E-state index in [-0.39, 0.29) is 23.8 Å². The third-order valence-electron chi connectivity index (χ3n) is 4.63. The lowest BCUT2D eigenvalue weighted by molar-refractivity contribution is 0.253. The number of rotatable bonds is 3. The number of aromatic amines is 1. The highest BCUT2D eigenvalue weighted by atomic mass is 19.1. The summed E-state index contributed by atoms with van der Waals surface area (Å²) in [5.41, 5.74) is 2.34. The number of hydrogen-bond acceptors (Lipinski definition) is 5. The molecule has 1 atom stereocenters. The molecule has 0 radical (unpaired) electrons. The summed E-state index contributed by atoms with van der Waals surface area (Å²) < 4.78 is 20.7. The number of nitrogens with zero attached hydrogens (tertiary/aromatic N) is 2. The monoisotopic (exact) mass is 368 g/mol. The van der Waals surface area contributed by atoms with Crippen LogP contribution in [0, 0.1) is 11.2 Å². The first kappa shape index (κ1) is 17.0. The van der Waals surface area contributed by atoms with Gasteiger partial charge in [-0.25, -0.2) is 9.18 Å². The normalized spacial score (nSPS) is 16.8. The number of aliphatic hydroxyl groups is 1. The van der Waals surface area contributed by atoms with Gasteiger partial charge in [-0.15, -0.1) is 0 Å². The van der Waals surface area contributed by atoms with Gasteiger partial charge in [0.2, 0.25) is 0 Å². The van der Waals surface area contributed by atoms with Crippen molar-refractivity contribution in [2.75, 3.05) is 6.61 Å². The van der Waals surface area contributed by atoms with Gasteiger partial charge in [0.1, 0.15) is 24.0 Å². The maximum absolute atomic E-state index is 13.2. The Bertz CT molecular complexity index is 1150. The summed E-state index contributed by atoms with van der Waals surface area (Å²) in [6.07, 6.45) is 1.10. The van der Waals surface area contributed by atoms with E-state index in [1.54, 1.807) is 19.1 Å². The lowest BCUT2D eigenvalue weighted by Crippen LogP contribution is -2.31. The van der Waals surface area contributed by atoms with E-state index in [4.69, 9.17) is 10.1 Å². The van der Waals surface area contributed by atoms with E-state index in [2.05, 4.69) is 9.97 Å². The topological polar surface area (TPSA) is 104 Å². The van der Waals surface area contributed by atoms with E-state index in [1.165, 1.54) is 23.6 Å². The zero-order chi connectivity index (χ0) is 19.3. The fraction of sp³-hybridized carbons (Fsp3) is 0.211. The van der Waals surface area contributed by atoms with Crippen molar-refractivity contribution in [2.24, 2.45) is 0 Å². The molecule has 1 aliphatic rings. The Kier molecular flexibility index (Phi) is 3.83. The summed E-state index contributed by atoms with van der Waals surface area (Å²) in [6.45, 7) is 3.19. The molecule has 0 fully saturated rings. The fourth-order valence-electron chi connectivity index (χ4n) is 3.54. The molecule has 0 saturated carbocycles. The molecule has 1 unspecified atom stereocenters. The SMILES string of the molecule is CC(=N)/C(=C(/C)O)c1ccc2[nH]c(=O)n3c2c1OCC3c1ccc(F)cn1. The molecule has 0 saturated heterocycles. The quantitative estimate of drug-likeness (QED) is 0.488. The largest absolute Gasteiger partial charge is 0.512 e. The molecule has 3 heterocycles. The number of nitrogens with one attached hydrogen (secondary N) is 2. The molecular formula is C19H17FN4O3. The summed E-state index contributed by atoms with van der Waals surface area (Å²) in [6, 6.07) is 5.72. The summed E-state index contributed by atoms with van der Waals surface area (Å²) in [5.74, 6) is -0.0490. The highest BCUT2D eigenvalue weighted by Crippen LogP contribution is 2.39. The first-order valence-corrected chi connectivity index (χ1v) is 8.35. The minimum Gasteiger partial charge on any atom is -0.512 e. The molecule has 27 heavy (non-hydrogen) atoms. The minimum absolute atomic E-state index is 0.00606. The van der Waals surface area contributed by atoms with E-state index in [0.717, 1.165) is 6.20 Å². The molecule has 3 aromatic rings. The Morgan fingerprint density at radius 2 is 2.15 bits per heavy atom. The van der Waals surface area contributed by atoms with Crippen LogP contribution >= 0.6 is 0 Å². The molecule has 7 nitrogen and oxygen atoms in total. The number of H-pyrrole nitrogens is 1. The van der Waals surface area contributed by atoms with Crippen molar-refractivity contribution in [3.8, 4) is 5.75 Å². The molecule has 1 aliphatic heterocycles. The Hall–Kier alpha value is -3.42. The number of aliphatic hydroxyl groups excluding tert-OH is 1. The van der Waals surface area contributed by atoms with Crippen LogP contribution in [0.1, 0.15) is 31.1 Å². The number of hydrogen-bond donors (Lipinski definition) is 3. The van der Waals surface area contributed by atoms with Crippen molar-refractivity contribution in [3.63, 3.8) is 0 Å². The lowest BCUT2D eigenvalue weighted by atomic mass is 9.98. The molecular weight excluding hydrogens is 351 g/mol. The first-order chi connectivity index (χ1) is 12.9. The molecule has 0 spiro atoms. The van der Waals surface area contributed by atoms with Crippen LogP contribution in [0.2, 0.25) is 0 Å². The Labute approximate surface area is 153 Å². The number of ether oxygens (including phenoxy) is 1. The summed E-state index contributed by atoms with van der Waals surface area (Å²) in [4.78, 5) is 19.5. The fourth-order valence-corrected chi connectivity index (χ4v) is 3.54. The zero-order valence-corrected chi connectivity index (χ0v) is 14.7. The number of aromatic nitrogens is 3. The van der Waals surface area contributed by atoms with Crippen LogP contribution in [-0.2, 0) is 0 Å². The standard InChI is InChI=1S/C19H17FN4O3/c1-9(21)16(10(2)25)12-4-6-14-17-18(12)27-8-15(24(17)19(26)23-14)13-5-3-11(20)7-22-13/h3-7,15,21,25H,8H2,1-2H3,(H,23,26)/b16-10+,21-9?. The van der Waals surface area contributed by atoms with Gasteiger partial charge in [0.25, 0.3) is 0 Å². The Balaban J connectivity index is 1.99. The van der Waals surface area contributed by atoms with Crippen molar-refractivity contribution < 1.29 is 14.2 Å². The van der Waals surface area contributed by atoms with Crippen molar-refractivity contribution >= 4 is 22.3 Å². The van der Waals surface area contributed by atoms with E-state index < -0.39 is 11.9 Å². The minimum atomic E-state index is -0.515. The van der Waals surface area contributed by atoms with Crippen LogP contribution in [0.15, 0.2) is 41.0 Å². The molecule has 0 aliphatic carbocycles. The van der Waals surface area contributed by atoms with Crippen molar-refractivity contribution in [2.45, 2.75) is 19.9 Å². The predicted molar refractivity (Wildman–Crippen MR) is 99.0 cm³/mol. The molecule has 4 rings (SSSR count). The maximum atomic E-state index is 13.2. The average Bonchev–Trinajstić information content (AvgIpc) is 2.95. The van der Waals surface area contributed by atoms with Crippen molar-refractivity contribution in [1.29, 1.82) is 5.41 Å². The number of allylic oxidation sites excluding steroid dienone is 2. The van der Waals surface area contributed by atoms with E-state index in [9.17, 15) is 14.3 Å². The summed E-state index contributed by atoms with van der Waals surface area (Å²) in [5, 5.41) is 18.0. The molecule has 2 aromatic heterocycles. The van der Waals surface area contributed by atoms with E-state index in [0.29, 0.717) is 33.6 Å². The third kappa shape index (κ3) is 2.61. The van der Waals surface area contributed by atoms with Crippen LogP contribution in [0.3, 0.4) is 0 Å². The second-order valence-corrected chi connectivity index (χ2v) is 6.45. The predicted octanol–water partition coefficient (Wildman–Crippen LogP) is 3.17. The van der Waals surface area contributed by atoms with E-state index >= 15 is 0 Å². The summed E-state index contributed by atoms with van der Waals surface area (Å²) in [7, 11) is 0. The van der Waals surface area contributed by atoms with Crippen LogP contribution in [0.25, 0.3) is 16.6 Å². The van der Waals surface area contributed by atoms with Crippen molar-refractivity contribution in [3.05, 3.63) is 63.8 Å². The van der Waals surface area contributed by atoms with Gasteiger partial charge in [0.15, 0.2) is 5.75 Å². The molecule has 3 N–H and O–H groups in total. The van der Waals surface area contributed by atoms with Crippen LogP contribution in [0.4, 0.5) is 4.39 Å². The van der Waals surface area contributed by atoms with Crippen LogP contribution in [0.5, 0.6) is 5.75 Å². The van der Waals surface area contributed by atoms with Crippen LogP contribution in [-0.4, -0.2) is 32.0 Å². The molecule has 8 heteroatoms. The van der Waals surface area contributed by atoms with Gasteiger partial charge in [-0.1, -0.05) is 0 Å². The highest BCUT2D eigenvalue weighted by Gasteiger charge is 2.30. The zero-order valence-electron chi connectivity index (χ0n) is 14.7. The van der Waals surface area contributed by atoms with Gasteiger partial charge in [0.05, 0.1) is 23.2 Å². The number of halogens is 1. The molecule has 1 aromatic carbocycles. The number of benzene rings is 1. The number of imidazole rings is 1. The van der Waals surface area contributed by atoms with Gasteiger partial charge < -0.3 is 20.2 Å². The average molecular weight is 368 g/mol. The van der Waals surface area contributed by atoms with Gasteiger partial charge in [-0.2, -0.15) is 0 Å².